The van der Waals surface area contributed by atoms with Gasteiger partial charge in [-0.05, 0) is 61.4 Å². The number of ether oxygens (including phenoxy) is 1. The van der Waals surface area contributed by atoms with Crippen LogP contribution in [0.1, 0.15) is 12.8 Å². The van der Waals surface area contributed by atoms with Crippen LogP contribution in [0.4, 0.5) is 11.5 Å². The number of amides is 1. The third kappa shape index (κ3) is 4.81. The number of hydrogen-bond acceptors (Lipinski definition) is 7. The molecule has 0 bridgehead atoms. The second kappa shape index (κ2) is 10.1. The van der Waals surface area contributed by atoms with Crippen LogP contribution in [-0.4, -0.2) is 72.4 Å². The van der Waals surface area contributed by atoms with E-state index in [1.807, 2.05) is 41.3 Å². The molecule has 0 saturated carbocycles. The number of pyridine rings is 1. The summed E-state index contributed by atoms with van der Waals surface area (Å²) in [5.74, 6) is 2.12. The molecule has 1 amide bonds. The average Bonchev–Trinajstić information content (AvgIpc) is 2.93. The summed E-state index contributed by atoms with van der Waals surface area (Å²) in [6.07, 6.45) is 5.24. The lowest BCUT2D eigenvalue weighted by atomic mass is 9.95. The van der Waals surface area contributed by atoms with Crippen molar-refractivity contribution in [2.75, 3.05) is 56.2 Å². The van der Waals surface area contributed by atoms with E-state index in [0.717, 1.165) is 74.9 Å². The summed E-state index contributed by atoms with van der Waals surface area (Å²) in [5, 5.41) is 8.80. The smallest absolute Gasteiger partial charge is 0.225 e. The van der Waals surface area contributed by atoms with Crippen LogP contribution in [0.3, 0.4) is 0 Å². The van der Waals surface area contributed by atoms with Crippen molar-refractivity contribution < 1.29 is 9.53 Å². The molecule has 0 unspecified atom stereocenters. The summed E-state index contributed by atoms with van der Waals surface area (Å²) in [6, 6.07) is 16.0. The molecular weight excluding hydrogens is 428 g/mol. The van der Waals surface area contributed by atoms with Gasteiger partial charge in [0, 0.05) is 68.8 Å². The molecule has 8 heteroatoms. The molecule has 4 heterocycles. The highest BCUT2D eigenvalue weighted by Gasteiger charge is 2.31. The van der Waals surface area contributed by atoms with Gasteiger partial charge in [0.05, 0.1) is 12.8 Å². The van der Waals surface area contributed by atoms with Gasteiger partial charge in [-0.25, -0.2) is 0 Å². The minimum absolute atomic E-state index is 0.0893. The number of rotatable bonds is 5. The molecule has 34 heavy (non-hydrogen) atoms. The summed E-state index contributed by atoms with van der Waals surface area (Å²) in [7, 11) is 1.68. The summed E-state index contributed by atoms with van der Waals surface area (Å²) in [4.78, 5) is 23.9. The minimum atomic E-state index is 0.0893. The minimum Gasteiger partial charge on any atom is -0.497 e. The Bertz CT molecular complexity index is 1070. The summed E-state index contributed by atoms with van der Waals surface area (Å²) >= 11 is 0. The van der Waals surface area contributed by atoms with Gasteiger partial charge in [0.25, 0.3) is 0 Å². The van der Waals surface area contributed by atoms with E-state index < -0.39 is 0 Å². The first-order valence-electron chi connectivity index (χ1n) is 11.9. The molecule has 0 atom stereocenters. The molecule has 2 saturated heterocycles. The van der Waals surface area contributed by atoms with Crippen molar-refractivity contribution in [3.8, 4) is 17.0 Å². The molecule has 5 rings (SSSR count). The van der Waals surface area contributed by atoms with Gasteiger partial charge in [0.1, 0.15) is 5.75 Å². The molecule has 2 aliphatic rings. The number of piperidine rings is 1. The first-order valence-corrected chi connectivity index (χ1v) is 11.9. The number of nitrogens with zero attached hydrogens (tertiary/aromatic N) is 6. The largest absolute Gasteiger partial charge is 0.497 e. The standard InChI is InChI=1S/C26H30N6O2/c1-34-23-6-4-22(5-7-23)30-15-17-32(18-16-30)26(33)20-10-13-31(14-11-20)25-9-8-24(28-29-25)21-3-2-12-27-19-21/h2-9,12,19-20H,10-11,13-18H2,1H3. The Morgan fingerprint density at radius 2 is 1.65 bits per heavy atom. The molecule has 3 aromatic rings. The molecule has 1 aromatic carbocycles. The number of benzene rings is 1. The number of piperazine rings is 1. The average molecular weight is 459 g/mol. The number of hydrogen-bond donors (Lipinski definition) is 0. The van der Waals surface area contributed by atoms with Crippen molar-refractivity contribution in [3.63, 3.8) is 0 Å². The van der Waals surface area contributed by atoms with Crippen molar-refractivity contribution >= 4 is 17.4 Å². The van der Waals surface area contributed by atoms with Crippen LogP contribution in [0.2, 0.25) is 0 Å². The summed E-state index contributed by atoms with van der Waals surface area (Å²) in [5.41, 5.74) is 2.95. The van der Waals surface area contributed by atoms with Gasteiger partial charge in [0.2, 0.25) is 5.91 Å². The van der Waals surface area contributed by atoms with E-state index in [9.17, 15) is 4.79 Å². The predicted octanol–water partition coefficient (Wildman–Crippen LogP) is 3.11. The van der Waals surface area contributed by atoms with E-state index >= 15 is 0 Å². The lowest BCUT2D eigenvalue weighted by molar-refractivity contribution is -0.136. The van der Waals surface area contributed by atoms with Gasteiger partial charge in [-0.3, -0.25) is 9.78 Å². The van der Waals surface area contributed by atoms with Crippen LogP contribution < -0.4 is 14.5 Å². The molecule has 0 radical (unpaired) electrons. The first-order chi connectivity index (χ1) is 16.7. The molecular formula is C26H30N6O2. The number of anilines is 2. The van der Waals surface area contributed by atoms with Crippen molar-refractivity contribution in [2.45, 2.75) is 12.8 Å². The Balaban J connectivity index is 1.11. The molecule has 2 fully saturated rings. The zero-order valence-corrected chi connectivity index (χ0v) is 19.5. The van der Waals surface area contributed by atoms with Crippen LogP contribution in [0.25, 0.3) is 11.3 Å². The van der Waals surface area contributed by atoms with Gasteiger partial charge in [0.15, 0.2) is 5.82 Å². The highest BCUT2D eigenvalue weighted by molar-refractivity contribution is 5.79. The van der Waals surface area contributed by atoms with Crippen molar-refractivity contribution in [2.24, 2.45) is 5.92 Å². The molecule has 0 spiro atoms. The fourth-order valence-electron chi connectivity index (χ4n) is 4.75. The van der Waals surface area contributed by atoms with Gasteiger partial charge in [-0.15, -0.1) is 10.2 Å². The maximum absolute atomic E-state index is 13.2. The Hall–Kier alpha value is -3.68. The fraction of sp³-hybridized carbons (Fsp3) is 0.385. The Labute approximate surface area is 200 Å². The molecule has 2 aromatic heterocycles. The zero-order chi connectivity index (χ0) is 23.3. The van der Waals surface area contributed by atoms with Crippen molar-refractivity contribution in [3.05, 3.63) is 60.9 Å². The third-order valence-electron chi connectivity index (χ3n) is 6.80. The second-order valence-corrected chi connectivity index (χ2v) is 8.79. The van der Waals surface area contributed by atoms with Crippen LogP contribution >= 0.6 is 0 Å². The van der Waals surface area contributed by atoms with Crippen LogP contribution in [0.5, 0.6) is 5.75 Å². The zero-order valence-electron chi connectivity index (χ0n) is 19.5. The van der Waals surface area contributed by atoms with Gasteiger partial charge in [-0.1, -0.05) is 0 Å². The van der Waals surface area contributed by atoms with Crippen LogP contribution in [-0.2, 0) is 4.79 Å². The normalized spacial score (nSPS) is 17.0. The quantitative estimate of drug-likeness (QED) is 0.582. The van der Waals surface area contributed by atoms with E-state index in [2.05, 4.69) is 37.1 Å². The van der Waals surface area contributed by atoms with Gasteiger partial charge < -0.3 is 19.4 Å². The SMILES string of the molecule is COc1ccc(N2CCN(C(=O)C3CCN(c4ccc(-c5cccnc5)nn4)CC3)CC2)cc1. The topological polar surface area (TPSA) is 74.7 Å². The van der Waals surface area contributed by atoms with Crippen molar-refractivity contribution in [1.82, 2.24) is 20.1 Å². The lowest BCUT2D eigenvalue weighted by Crippen LogP contribution is -2.51. The summed E-state index contributed by atoms with van der Waals surface area (Å²) in [6.45, 7) is 4.90. The van der Waals surface area contributed by atoms with Crippen molar-refractivity contribution in [1.29, 1.82) is 0 Å². The molecule has 176 valence electrons. The van der Waals surface area contributed by atoms with Crippen LogP contribution in [0.15, 0.2) is 60.9 Å². The third-order valence-corrected chi connectivity index (χ3v) is 6.80. The van der Waals surface area contributed by atoms with Gasteiger partial charge >= 0.3 is 0 Å². The molecule has 8 nitrogen and oxygen atoms in total. The van der Waals surface area contributed by atoms with Crippen LogP contribution in [0, 0.1) is 5.92 Å². The van der Waals surface area contributed by atoms with Gasteiger partial charge in [-0.2, -0.15) is 0 Å². The Kier molecular flexibility index (Phi) is 6.56. The summed E-state index contributed by atoms with van der Waals surface area (Å²) < 4.78 is 5.25. The number of aromatic nitrogens is 3. The maximum Gasteiger partial charge on any atom is 0.225 e. The molecule has 0 aliphatic carbocycles. The maximum atomic E-state index is 13.2. The van der Waals surface area contributed by atoms with E-state index in [0.29, 0.717) is 5.91 Å². The fourth-order valence-corrected chi connectivity index (χ4v) is 4.75. The van der Waals surface area contributed by atoms with E-state index in [1.54, 1.807) is 19.5 Å². The number of carbonyl (C=O) groups is 1. The van der Waals surface area contributed by atoms with E-state index in [4.69, 9.17) is 4.74 Å². The monoisotopic (exact) mass is 458 g/mol. The predicted molar refractivity (Wildman–Crippen MR) is 132 cm³/mol. The van der Waals surface area contributed by atoms with E-state index in [-0.39, 0.29) is 5.92 Å². The highest BCUT2D eigenvalue weighted by atomic mass is 16.5. The lowest BCUT2D eigenvalue weighted by Gasteiger charge is -2.39. The number of carbonyl (C=O) groups excluding carboxylic acids is 1. The first kappa shape index (κ1) is 22.1. The Morgan fingerprint density at radius 3 is 2.26 bits per heavy atom. The molecule has 0 N–H and O–H groups in total. The molecule has 2 aliphatic heterocycles. The highest BCUT2D eigenvalue weighted by Crippen LogP contribution is 2.26. The second-order valence-electron chi connectivity index (χ2n) is 8.79. The number of methoxy groups -OCH3 is 1. The Morgan fingerprint density at radius 1 is 0.882 bits per heavy atom. The van der Waals surface area contributed by atoms with E-state index in [1.165, 1.54) is 5.69 Å².